The Balaban J connectivity index is 2.29. The maximum absolute atomic E-state index is 3.55. The van der Waals surface area contributed by atoms with Crippen LogP contribution in [-0.4, -0.2) is 29.4 Å². The average molecular weight is 248 g/mol. The van der Waals surface area contributed by atoms with Crippen molar-refractivity contribution in [2.45, 2.75) is 39.7 Å². The minimum atomic E-state index is 0.791. The summed E-state index contributed by atoms with van der Waals surface area (Å²) in [6.07, 6.45) is 2.86. The summed E-state index contributed by atoms with van der Waals surface area (Å²) < 4.78 is 0. The van der Waals surface area contributed by atoms with Gasteiger partial charge in [-0.25, -0.2) is 0 Å². The molecule has 0 spiro atoms. The second-order valence-electron chi connectivity index (χ2n) is 4.84. The summed E-state index contributed by atoms with van der Waals surface area (Å²) in [6.45, 7) is 9.50. The van der Waals surface area contributed by atoms with E-state index in [1.54, 1.807) is 0 Å². The smallest absolute Gasteiger partial charge is 0.00966 e. The van der Waals surface area contributed by atoms with Crippen LogP contribution in [-0.2, 0) is 0 Å². The fraction of sp³-hybridized carbons (Fsp3) is 1.00. The van der Waals surface area contributed by atoms with Crippen LogP contribution in [0.4, 0.5) is 0 Å². The van der Waals surface area contributed by atoms with E-state index >= 15 is 0 Å². The van der Waals surface area contributed by atoms with Gasteiger partial charge in [0.25, 0.3) is 0 Å². The molecule has 0 aromatic rings. The van der Waals surface area contributed by atoms with Gasteiger partial charge < -0.3 is 0 Å². The first-order valence-corrected chi connectivity index (χ1v) is 6.55. The molecule has 0 bridgehead atoms. The Kier molecular flexibility index (Phi) is 4.74. The summed E-state index contributed by atoms with van der Waals surface area (Å²) in [6, 6.07) is 0.920. The van der Waals surface area contributed by atoms with Crippen LogP contribution in [0.2, 0.25) is 0 Å². The zero-order chi connectivity index (χ0) is 9.84. The van der Waals surface area contributed by atoms with Gasteiger partial charge >= 0.3 is 0 Å². The molecule has 0 N–H and O–H groups in total. The molecule has 1 aliphatic carbocycles. The minimum absolute atomic E-state index is 0.791. The molecular weight excluding hydrogens is 226 g/mol. The van der Waals surface area contributed by atoms with Gasteiger partial charge in [0, 0.05) is 24.5 Å². The number of rotatable bonds is 6. The van der Waals surface area contributed by atoms with Crippen LogP contribution in [0.3, 0.4) is 0 Å². The SMILES string of the molecule is CC(C)CN(CC(C)CBr)C1CC1. The number of nitrogens with zero attached hydrogens (tertiary/aromatic N) is 1. The van der Waals surface area contributed by atoms with Crippen molar-refractivity contribution in [3.63, 3.8) is 0 Å². The first-order chi connectivity index (χ1) is 6.13. The van der Waals surface area contributed by atoms with E-state index in [9.17, 15) is 0 Å². The topological polar surface area (TPSA) is 3.24 Å². The predicted molar refractivity (Wildman–Crippen MR) is 62.4 cm³/mol. The van der Waals surface area contributed by atoms with Crippen LogP contribution in [0.15, 0.2) is 0 Å². The molecule has 2 heteroatoms. The van der Waals surface area contributed by atoms with Crippen LogP contribution < -0.4 is 0 Å². The van der Waals surface area contributed by atoms with Crippen molar-refractivity contribution >= 4 is 15.9 Å². The van der Waals surface area contributed by atoms with Gasteiger partial charge in [-0.05, 0) is 24.7 Å². The lowest BCUT2D eigenvalue weighted by molar-refractivity contribution is 0.212. The molecule has 0 aliphatic heterocycles. The van der Waals surface area contributed by atoms with E-state index < -0.39 is 0 Å². The average Bonchev–Trinajstić information content (AvgIpc) is 2.84. The highest BCUT2D eigenvalue weighted by molar-refractivity contribution is 9.09. The van der Waals surface area contributed by atoms with Gasteiger partial charge in [-0.3, -0.25) is 4.90 Å². The summed E-state index contributed by atoms with van der Waals surface area (Å²) in [5.74, 6) is 1.60. The van der Waals surface area contributed by atoms with Gasteiger partial charge in [-0.15, -0.1) is 0 Å². The fourth-order valence-corrected chi connectivity index (χ4v) is 1.94. The van der Waals surface area contributed by atoms with Crippen LogP contribution in [0.1, 0.15) is 33.6 Å². The Bertz CT molecular complexity index is 143. The van der Waals surface area contributed by atoms with E-state index in [1.165, 1.54) is 25.9 Å². The van der Waals surface area contributed by atoms with E-state index in [0.29, 0.717) is 0 Å². The fourth-order valence-electron chi connectivity index (χ4n) is 1.73. The molecule has 1 rings (SSSR count). The maximum atomic E-state index is 3.55. The third-order valence-corrected chi connectivity index (χ3v) is 3.58. The number of alkyl halides is 1. The summed E-state index contributed by atoms with van der Waals surface area (Å²) >= 11 is 3.55. The standard InChI is InChI=1S/C11H22BrN/c1-9(2)7-13(11-4-5-11)8-10(3)6-12/h9-11H,4-8H2,1-3H3. The first kappa shape index (κ1) is 11.5. The van der Waals surface area contributed by atoms with Gasteiger partial charge in [-0.2, -0.15) is 0 Å². The Labute approximate surface area is 91.0 Å². The van der Waals surface area contributed by atoms with Crippen molar-refractivity contribution < 1.29 is 0 Å². The minimum Gasteiger partial charge on any atom is -0.300 e. The molecule has 0 aromatic carbocycles. The van der Waals surface area contributed by atoms with Gasteiger partial charge in [0.15, 0.2) is 0 Å². The molecule has 78 valence electrons. The maximum Gasteiger partial charge on any atom is 0.00966 e. The lowest BCUT2D eigenvalue weighted by Gasteiger charge is -2.26. The molecule has 0 saturated heterocycles. The van der Waals surface area contributed by atoms with E-state index in [-0.39, 0.29) is 0 Å². The number of hydrogen-bond donors (Lipinski definition) is 0. The molecule has 1 saturated carbocycles. The van der Waals surface area contributed by atoms with Crippen LogP contribution in [0.5, 0.6) is 0 Å². The zero-order valence-electron chi connectivity index (χ0n) is 9.09. The van der Waals surface area contributed by atoms with Gasteiger partial charge in [-0.1, -0.05) is 36.7 Å². The monoisotopic (exact) mass is 247 g/mol. The van der Waals surface area contributed by atoms with Gasteiger partial charge in [0.05, 0.1) is 0 Å². The summed E-state index contributed by atoms with van der Waals surface area (Å²) in [4.78, 5) is 2.68. The molecule has 0 radical (unpaired) electrons. The van der Waals surface area contributed by atoms with Crippen molar-refractivity contribution in [2.75, 3.05) is 18.4 Å². The molecule has 0 amide bonds. The lowest BCUT2D eigenvalue weighted by Crippen LogP contribution is -2.34. The third kappa shape index (κ3) is 4.46. The van der Waals surface area contributed by atoms with E-state index in [0.717, 1.165) is 23.2 Å². The highest BCUT2D eigenvalue weighted by Crippen LogP contribution is 2.28. The van der Waals surface area contributed by atoms with Crippen molar-refractivity contribution in [1.82, 2.24) is 4.90 Å². The molecule has 1 aliphatic rings. The summed E-state index contributed by atoms with van der Waals surface area (Å²) in [7, 11) is 0. The van der Waals surface area contributed by atoms with E-state index in [2.05, 4.69) is 41.6 Å². The highest BCUT2D eigenvalue weighted by Gasteiger charge is 2.29. The number of halogens is 1. The second kappa shape index (κ2) is 5.35. The van der Waals surface area contributed by atoms with Crippen LogP contribution in [0, 0.1) is 11.8 Å². The highest BCUT2D eigenvalue weighted by atomic mass is 79.9. The van der Waals surface area contributed by atoms with Crippen molar-refractivity contribution in [1.29, 1.82) is 0 Å². The lowest BCUT2D eigenvalue weighted by atomic mass is 10.1. The van der Waals surface area contributed by atoms with E-state index in [4.69, 9.17) is 0 Å². The Morgan fingerprint density at radius 1 is 1.23 bits per heavy atom. The largest absolute Gasteiger partial charge is 0.300 e. The van der Waals surface area contributed by atoms with Crippen molar-refractivity contribution in [2.24, 2.45) is 11.8 Å². The molecule has 1 unspecified atom stereocenters. The normalized spacial score (nSPS) is 19.8. The van der Waals surface area contributed by atoms with E-state index in [1.807, 2.05) is 0 Å². The Morgan fingerprint density at radius 2 is 1.85 bits per heavy atom. The quantitative estimate of drug-likeness (QED) is 0.653. The van der Waals surface area contributed by atoms with Crippen molar-refractivity contribution in [3.05, 3.63) is 0 Å². The molecule has 1 nitrogen and oxygen atoms in total. The number of hydrogen-bond acceptors (Lipinski definition) is 1. The summed E-state index contributed by atoms with van der Waals surface area (Å²) in [5.41, 5.74) is 0. The van der Waals surface area contributed by atoms with Crippen LogP contribution in [0.25, 0.3) is 0 Å². The van der Waals surface area contributed by atoms with Gasteiger partial charge in [0.1, 0.15) is 0 Å². The zero-order valence-corrected chi connectivity index (χ0v) is 10.7. The van der Waals surface area contributed by atoms with Crippen LogP contribution >= 0.6 is 15.9 Å². The third-order valence-electron chi connectivity index (χ3n) is 2.47. The second-order valence-corrected chi connectivity index (χ2v) is 5.49. The molecular formula is C11H22BrN. The van der Waals surface area contributed by atoms with Crippen molar-refractivity contribution in [3.8, 4) is 0 Å². The first-order valence-electron chi connectivity index (χ1n) is 5.43. The Morgan fingerprint density at radius 3 is 2.23 bits per heavy atom. The molecule has 0 heterocycles. The summed E-state index contributed by atoms with van der Waals surface area (Å²) in [5, 5.41) is 1.13. The molecule has 13 heavy (non-hydrogen) atoms. The molecule has 1 fully saturated rings. The Hall–Kier alpha value is 0.440. The molecule has 0 aromatic heterocycles. The molecule has 1 atom stereocenters. The predicted octanol–water partition coefficient (Wildman–Crippen LogP) is 3.14. The van der Waals surface area contributed by atoms with Gasteiger partial charge in [0.2, 0.25) is 0 Å².